The second-order valence-corrected chi connectivity index (χ2v) is 3.13. The van der Waals surface area contributed by atoms with E-state index in [1.165, 1.54) is 6.07 Å². The largest absolute Gasteiger partial charge is 0.418 e. The first kappa shape index (κ1) is 13.7. The molecule has 1 rings (SSSR count). The first-order valence-corrected chi connectivity index (χ1v) is 4.61. The summed E-state index contributed by atoms with van der Waals surface area (Å²) in [5.74, 6) is -0.644. The van der Waals surface area contributed by atoms with Gasteiger partial charge in [0, 0.05) is 5.69 Å². The predicted octanol–water partition coefficient (Wildman–Crippen LogP) is 2.80. The maximum atomic E-state index is 12.6. The van der Waals surface area contributed by atoms with Crippen molar-refractivity contribution in [2.75, 3.05) is 5.32 Å². The lowest BCUT2D eigenvalue weighted by Crippen LogP contribution is -2.10. The maximum Gasteiger partial charge on any atom is 0.418 e. The van der Waals surface area contributed by atoms with E-state index in [0.717, 1.165) is 18.2 Å². The smallest absolute Gasteiger partial charge is 0.323 e. The SMILES string of the molecule is C=CC(=O)Nc1ccc(N=C=O)c(C(F)(F)F)c1. The van der Waals surface area contributed by atoms with Crippen molar-refractivity contribution in [2.24, 2.45) is 4.99 Å². The van der Waals surface area contributed by atoms with Gasteiger partial charge < -0.3 is 5.32 Å². The summed E-state index contributed by atoms with van der Waals surface area (Å²) in [5, 5.41) is 2.18. The van der Waals surface area contributed by atoms with Crippen LogP contribution in [0.2, 0.25) is 0 Å². The van der Waals surface area contributed by atoms with Gasteiger partial charge in [0.25, 0.3) is 0 Å². The maximum absolute atomic E-state index is 12.6. The molecule has 0 saturated carbocycles. The minimum absolute atomic E-state index is 0.0722. The third-order valence-electron chi connectivity index (χ3n) is 1.92. The highest BCUT2D eigenvalue weighted by Gasteiger charge is 2.34. The summed E-state index contributed by atoms with van der Waals surface area (Å²) < 4.78 is 37.9. The van der Waals surface area contributed by atoms with Crippen LogP contribution in [0.4, 0.5) is 24.5 Å². The summed E-state index contributed by atoms with van der Waals surface area (Å²) in [6, 6.07) is 2.83. The molecule has 7 heteroatoms. The van der Waals surface area contributed by atoms with E-state index >= 15 is 0 Å². The number of carbonyl (C=O) groups is 1. The van der Waals surface area contributed by atoms with Gasteiger partial charge in [0.2, 0.25) is 12.0 Å². The van der Waals surface area contributed by atoms with Gasteiger partial charge in [-0.3, -0.25) is 4.79 Å². The fraction of sp³-hybridized carbons (Fsp3) is 0.0909. The molecule has 0 unspecified atom stereocenters. The van der Waals surface area contributed by atoms with Gasteiger partial charge in [-0.25, -0.2) is 4.79 Å². The molecule has 0 atom stereocenters. The third kappa shape index (κ3) is 3.29. The molecule has 1 aromatic carbocycles. The Kier molecular flexibility index (Phi) is 4.01. The van der Waals surface area contributed by atoms with Crippen LogP contribution in [-0.2, 0) is 15.8 Å². The number of amides is 1. The van der Waals surface area contributed by atoms with Gasteiger partial charge >= 0.3 is 6.18 Å². The summed E-state index contributed by atoms with van der Waals surface area (Å²) in [4.78, 5) is 23.9. The summed E-state index contributed by atoms with van der Waals surface area (Å²) in [6.07, 6.45) is -2.73. The zero-order valence-electron chi connectivity index (χ0n) is 8.91. The molecule has 0 bridgehead atoms. The first-order chi connectivity index (χ1) is 8.38. The molecule has 0 spiro atoms. The fourth-order valence-corrected chi connectivity index (χ4v) is 1.18. The van der Waals surface area contributed by atoms with Crippen LogP contribution < -0.4 is 5.32 Å². The molecule has 0 heterocycles. The zero-order chi connectivity index (χ0) is 13.8. The van der Waals surface area contributed by atoms with Crippen molar-refractivity contribution in [3.05, 3.63) is 36.4 Å². The molecule has 0 aliphatic heterocycles. The molecular formula is C11H7F3N2O2. The van der Waals surface area contributed by atoms with E-state index in [1.807, 2.05) is 0 Å². The highest BCUT2D eigenvalue weighted by Crippen LogP contribution is 2.37. The molecule has 0 fully saturated rings. The Morgan fingerprint density at radius 2 is 2.11 bits per heavy atom. The Bertz CT molecular complexity index is 532. The third-order valence-corrected chi connectivity index (χ3v) is 1.92. The lowest BCUT2D eigenvalue weighted by molar-refractivity contribution is -0.137. The van der Waals surface area contributed by atoms with Crippen molar-refractivity contribution in [1.82, 2.24) is 0 Å². The number of nitrogens with zero attached hydrogens (tertiary/aromatic N) is 1. The van der Waals surface area contributed by atoms with E-state index in [1.54, 1.807) is 0 Å². The zero-order valence-corrected chi connectivity index (χ0v) is 8.91. The van der Waals surface area contributed by atoms with E-state index < -0.39 is 23.3 Å². The molecule has 0 aliphatic carbocycles. The molecule has 1 N–H and O–H groups in total. The van der Waals surface area contributed by atoms with Crippen LogP contribution >= 0.6 is 0 Å². The molecule has 0 radical (unpaired) electrons. The lowest BCUT2D eigenvalue weighted by Gasteiger charge is -2.11. The Morgan fingerprint density at radius 1 is 1.44 bits per heavy atom. The number of alkyl halides is 3. The van der Waals surface area contributed by atoms with Gasteiger partial charge in [0.05, 0.1) is 11.3 Å². The monoisotopic (exact) mass is 256 g/mol. The van der Waals surface area contributed by atoms with Gasteiger partial charge in [-0.1, -0.05) is 6.58 Å². The fourth-order valence-electron chi connectivity index (χ4n) is 1.18. The van der Waals surface area contributed by atoms with Crippen LogP contribution in [0.1, 0.15) is 5.56 Å². The van der Waals surface area contributed by atoms with Crippen molar-refractivity contribution in [3.8, 4) is 0 Å². The van der Waals surface area contributed by atoms with Crippen LogP contribution in [0.25, 0.3) is 0 Å². The normalized spacial score (nSPS) is 10.4. The van der Waals surface area contributed by atoms with Crippen molar-refractivity contribution in [1.29, 1.82) is 0 Å². The molecule has 4 nitrogen and oxygen atoms in total. The molecule has 94 valence electrons. The Balaban J connectivity index is 3.25. The Morgan fingerprint density at radius 3 is 2.61 bits per heavy atom. The average Bonchev–Trinajstić information content (AvgIpc) is 2.30. The van der Waals surface area contributed by atoms with Crippen molar-refractivity contribution in [2.45, 2.75) is 6.18 Å². The number of aliphatic imine (C=N–C) groups is 1. The topological polar surface area (TPSA) is 58.5 Å². The molecule has 0 saturated heterocycles. The van der Waals surface area contributed by atoms with Crippen LogP contribution in [-0.4, -0.2) is 12.0 Å². The first-order valence-electron chi connectivity index (χ1n) is 4.61. The number of hydrogen-bond donors (Lipinski definition) is 1. The summed E-state index contributed by atoms with van der Waals surface area (Å²) in [5.41, 5.74) is -1.76. The van der Waals surface area contributed by atoms with Crippen LogP contribution in [0.3, 0.4) is 0 Å². The number of anilines is 1. The predicted molar refractivity (Wildman–Crippen MR) is 58.1 cm³/mol. The van der Waals surface area contributed by atoms with E-state index in [2.05, 4.69) is 16.9 Å². The van der Waals surface area contributed by atoms with Gasteiger partial charge in [-0.15, -0.1) is 0 Å². The van der Waals surface area contributed by atoms with Crippen LogP contribution in [0, 0.1) is 0 Å². The number of isocyanates is 1. The summed E-state index contributed by atoms with van der Waals surface area (Å²) in [6.45, 7) is 3.17. The number of benzene rings is 1. The van der Waals surface area contributed by atoms with Gasteiger partial charge in [-0.2, -0.15) is 18.2 Å². The Labute approximate surface area is 99.8 Å². The van der Waals surface area contributed by atoms with Crippen molar-refractivity contribution in [3.63, 3.8) is 0 Å². The molecular weight excluding hydrogens is 249 g/mol. The van der Waals surface area contributed by atoms with E-state index in [9.17, 15) is 22.8 Å². The van der Waals surface area contributed by atoms with E-state index in [-0.39, 0.29) is 5.69 Å². The second-order valence-electron chi connectivity index (χ2n) is 3.13. The molecule has 0 aromatic heterocycles. The Hall–Kier alpha value is -2.40. The minimum atomic E-state index is -4.69. The van der Waals surface area contributed by atoms with Gasteiger partial charge in [0.1, 0.15) is 0 Å². The van der Waals surface area contributed by atoms with Crippen LogP contribution in [0.5, 0.6) is 0 Å². The van der Waals surface area contributed by atoms with Crippen LogP contribution in [0.15, 0.2) is 35.8 Å². The highest BCUT2D eigenvalue weighted by molar-refractivity contribution is 5.99. The molecule has 0 aliphatic rings. The number of rotatable bonds is 3. The minimum Gasteiger partial charge on any atom is -0.323 e. The summed E-state index contributed by atoms with van der Waals surface area (Å²) >= 11 is 0. The van der Waals surface area contributed by atoms with Gasteiger partial charge in [0.15, 0.2) is 0 Å². The summed E-state index contributed by atoms with van der Waals surface area (Å²) in [7, 11) is 0. The standard InChI is InChI=1S/C11H7F3N2O2/c1-2-10(18)16-7-3-4-9(15-6-17)8(5-7)11(12,13)14/h2-5H,1H2,(H,16,18). The number of halogens is 3. The number of nitrogens with one attached hydrogen (secondary N) is 1. The van der Waals surface area contributed by atoms with E-state index in [0.29, 0.717) is 6.07 Å². The van der Waals surface area contributed by atoms with Crippen molar-refractivity contribution >= 4 is 23.4 Å². The number of hydrogen-bond acceptors (Lipinski definition) is 3. The van der Waals surface area contributed by atoms with E-state index in [4.69, 9.17) is 0 Å². The molecule has 1 amide bonds. The highest BCUT2D eigenvalue weighted by atomic mass is 19.4. The van der Waals surface area contributed by atoms with Crippen molar-refractivity contribution < 1.29 is 22.8 Å². The average molecular weight is 256 g/mol. The quantitative estimate of drug-likeness (QED) is 0.513. The molecule has 1 aromatic rings. The van der Waals surface area contributed by atoms with Gasteiger partial charge in [-0.05, 0) is 24.3 Å². The molecule has 18 heavy (non-hydrogen) atoms. The second kappa shape index (κ2) is 5.29. The lowest BCUT2D eigenvalue weighted by atomic mass is 10.1. The number of carbonyl (C=O) groups excluding carboxylic acids is 2.